The lowest BCUT2D eigenvalue weighted by Crippen LogP contribution is -2.47. The van der Waals surface area contributed by atoms with E-state index in [2.05, 4.69) is 15.6 Å². The number of anilines is 1. The van der Waals surface area contributed by atoms with Gasteiger partial charge in [0.25, 0.3) is 0 Å². The molecule has 0 radical (unpaired) electrons. The number of amides is 1. The molecule has 2 heterocycles. The molecule has 2 aromatic rings. The molecule has 9 heteroatoms. The Hall–Kier alpha value is -1.38. The van der Waals surface area contributed by atoms with Crippen LogP contribution in [0.5, 0.6) is 5.75 Å². The summed E-state index contributed by atoms with van der Waals surface area (Å²) < 4.78 is 10.5. The number of hydrogen-bond donors (Lipinski definition) is 2. The van der Waals surface area contributed by atoms with Gasteiger partial charge < -0.3 is 20.1 Å². The van der Waals surface area contributed by atoms with Crippen LogP contribution in [-0.4, -0.2) is 44.8 Å². The summed E-state index contributed by atoms with van der Waals surface area (Å²) in [6.07, 6.45) is 1.50. The molecule has 1 aromatic heterocycles. The Morgan fingerprint density at radius 1 is 1.37 bits per heavy atom. The normalized spacial score (nSPS) is 15.7. The Kier molecular flexibility index (Phi) is 7.88. The maximum absolute atomic E-state index is 12.9. The molecule has 1 saturated heterocycles. The van der Waals surface area contributed by atoms with Crippen LogP contribution in [-0.2, 0) is 9.53 Å². The molecule has 148 valence electrons. The van der Waals surface area contributed by atoms with E-state index in [1.54, 1.807) is 26.4 Å². The highest BCUT2D eigenvalue weighted by Crippen LogP contribution is 2.34. The second-order valence-electron chi connectivity index (χ2n) is 6.30. The topological polar surface area (TPSA) is 72.5 Å². The molecule has 0 saturated carbocycles. The van der Waals surface area contributed by atoms with Crippen LogP contribution in [0.1, 0.15) is 12.8 Å². The lowest BCUT2D eigenvalue weighted by atomic mass is 9.79. The van der Waals surface area contributed by atoms with Gasteiger partial charge in [0.1, 0.15) is 5.75 Å². The number of methoxy groups -OCH3 is 2. The number of aromatic nitrogens is 1. The van der Waals surface area contributed by atoms with Crippen molar-refractivity contribution in [1.82, 2.24) is 10.3 Å². The third-order valence-electron chi connectivity index (χ3n) is 4.64. The zero-order chi connectivity index (χ0) is 18.6. The van der Waals surface area contributed by atoms with Crippen LogP contribution < -0.4 is 15.4 Å². The molecular weight excluding hydrogens is 409 g/mol. The molecule has 0 aliphatic carbocycles. The van der Waals surface area contributed by atoms with Crippen molar-refractivity contribution in [3.63, 3.8) is 0 Å². The minimum atomic E-state index is -0.505. The minimum absolute atomic E-state index is 0. The van der Waals surface area contributed by atoms with Crippen LogP contribution in [0.25, 0.3) is 11.3 Å². The monoisotopic (exact) mass is 431 g/mol. The fourth-order valence-corrected chi connectivity index (χ4v) is 4.11. The van der Waals surface area contributed by atoms with Gasteiger partial charge in [0.2, 0.25) is 5.91 Å². The fourth-order valence-electron chi connectivity index (χ4n) is 3.14. The van der Waals surface area contributed by atoms with Crippen LogP contribution in [0.3, 0.4) is 0 Å². The molecule has 1 aliphatic rings. The van der Waals surface area contributed by atoms with Gasteiger partial charge in [-0.1, -0.05) is 11.6 Å². The summed E-state index contributed by atoms with van der Waals surface area (Å²) in [7, 11) is 3.21. The Bertz CT molecular complexity index is 773. The van der Waals surface area contributed by atoms with Gasteiger partial charge in [-0.05, 0) is 44.1 Å². The van der Waals surface area contributed by atoms with Crippen LogP contribution in [0, 0.1) is 5.41 Å². The number of hydrogen-bond acceptors (Lipinski definition) is 6. The zero-order valence-electron chi connectivity index (χ0n) is 15.2. The number of halogens is 2. The molecule has 3 rings (SSSR count). The molecule has 0 bridgehead atoms. The van der Waals surface area contributed by atoms with Gasteiger partial charge in [0, 0.05) is 18.1 Å². The van der Waals surface area contributed by atoms with Gasteiger partial charge in [-0.15, -0.1) is 23.7 Å². The van der Waals surface area contributed by atoms with Gasteiger partial charge >= 0.3 is 0 Å². The largest absolute Gasteiger partial charge is 0.495 e. The highest BCUT2D eigenvalue weighted by Gasteiger charge is 2.40. The first kappa shape index (κ1) is 21.9. The van der Waals surface area contributed by atoms with Crippen molar-refractivity contribution in [1.29, 1.82) is 0 Å². The van der Waals surface area contributed by atoms with E-state index in [4.69, 9.17) is 21.1 Å². The van der Waals surface area contributed by atoms with Crippen molar-refractivity contribution in [2.24, 2.45) is 5.41 Å². The molecule has 6 nitrogen and oxygen atoms in total. The van der Waals surface area contributed by atoms with E-state index in [9.17, 15) is 4.79 Å². The highest BCUT2D eigenvalue weighted by atomic mass is 35.5. The molecule has 2 N–H and O–H groups in total. The smallest absolute Gasteiger partial charge is 0.234 e. The number of piperidine rings is 1. The van der Waals surface area contributed by atoms with E-state index >= 15 is 0 Å². The second-order valence-corrected chi connectivity index (χ2v) is 7.57. The molecule has 27 heavy (non-hydrogen) atoms. The Balaban J connectivity index is 0.00000261. The quantitative estimate of drug-likeness (QED) is 0.726. The lowest BCUT2D eigenvalue weighted by molar-refractivity contribution is -0.130. The summed E-state index contributed by atoms with van der Waals surface area (Å²) in [5.41, 5.74) is 1.14. The number of carbonyl (C=O) groups excluding carboxylic acids is 1. The van der Waals surface area contributed by atoms with Gasteiger partial charge in [0.05, 0.1) is 29.8 Å². The zero-order valence-corrected chi connectivity index (χ0v) is 17.6. The highest BCUT2D eigenvalue weighted by molar-refractivity contribution is 7.14. The van der Waals surface area contributed by atoms with E-state index in [1.165, 1.54) is 11.3 Å². The third-order valence-corrected chi connectivity index (χ3v) is 5.69. The summed E-state index contributed by atoms with van der Waals surface area (Å²) in [5.74, 6) is 0.584. The third kappa shape index (κ3) is 4.92. The van der Waals surface area contributed by atoms with Crippen molar-refractivity contribution in [3.05, 3.63) is 28.6 Å². The van der Waals surface area contributed by atoms with Gasteiger partial charge in [-0.2, -0.15) is 0 Å². The molecule has 0 spiro atoms. The Morgan fingerprint density at radius 3 is 2.74 bits per heavy atom. The first-order valence-electron chi connectivity index (χ1n) is 8.38. The van der Waals surface area contributed by atoms with Crippen molar-refractivity contribution >= 4 is 46.4 Å². The molecule has 1 fully saturated rings. The maximum Gasteiger partial charge on any atom is 0.234 e. The lowest BCUT2D eigenvalue weighted by Gasteiger charge is -2.35. The molecule has 1 aromatic carbocycles. The molecule has 1 amide bonds. The summed E-state index contributed by atoms with van der Waals surface area (Å²) in [6.45, 7) is 2.03. The van der Waals surface area contributed by atoms with Gasteiger partial charge in [0.15, 0.2) is 5.13 Å². The number of nitrogens with one attached hydrogen (secondary N) is 2. The summed E-state index contributed by atoms with van der Waals surface area (Å²) in [5, 5.41) is 9.26. The van der Waals surface area contributed by atoms with Crippen molar-refractivity contribution in [3.8, 4) is 17.0 Å². The maximum atomic E-state index is 12.9. The average molecular weight is 432 g/mol. The predicted molar refractivity (Wildman–Crippen MR) is 111 cm³/mol. The molecule has 1 aliphatic heterocycles. The molecule has 0 atom stereocenters. The first-order chi connectivity index (χ1) is 12.6. The number of thiazole rings is 1. The average Bonchev–Trinajstić information content (AvgIpc) is 3.11. The van der Waals surface area contributed by atoms with Gasteiger partial charge in [-0.3, -0.25) is 4.79 Å². The van der Waals surface area contributed by atoms with Crippen LogP contribution in [0.15, 0.2) is 23.6 Å². The number of benzene rings is 1. The van der Waals surface area contributed by atoms with Crippen molar-refractivity contribution in [2.75, 3.05) is 39.2 Å². The van der Waals surface area contributed by atoms with E-state index < -0.39 is 5.41 Å². The van der Waals surface area contributed by atoms with E-state index in [-0.39, 0.29) is 18.3 Å². The van der Waals surface area contributed by atoms with E-state index in [0.29, 0.717) is 22.5 Å². The van der Waals surface area contributed by atoms with Gasteiger partial charge in [-0.25, -0.2) is 4.98 Å². The SMILES string of the molecule is COCC1(C(=O)Nc2nc(-c3ccc(OC)c(Cl)c3)cs2)CCNCC1.Cl. The van der Waals surface area contributed by atoms with Crippen LogP contribution in [0.2, 0.25) is 5.02 Å². The standard InChI is InChI=1S/C18H22ClN3O3S.ClH/c1-24-11-18(5-7-20-8-6-18)16(23)22-17-21-14(10-26-17)12-3-4-15(25-2)13(19)9-12;/h3-4,9-10,20H,5-8,11H2,1-2H3,(H,21,22,23);1H. The Morgan fingerprint density at radius 2 is 2.11 bits per heavy atom. The first-order valence-corrected chi connectivity index (χ1v) is 9.64. The predicted octanol–water partition coefficient (Wildman–Crippen LogP) is 3.85. The van der Waals surface area contributed by atoms with Crippen molar-refractivity contribution < 1.29 is 14.3 Å². The second kappa shape index (κ2) is 9.71. The van der Waals surface area contributed by atoms with E-state index in [1.807, 2.05) is 11.4 Å². The fraction of sp³-hybridized carbons (Fsp3) is 0.444. The van der Waals surface area contributed by atoms with Crippen LogP contribution >= 0.6 is 35.3 Å². The van der Waals surface area contributed by atoms with Crippen LogP contribution in [0.4, 0.5) is 5.13 Å². The minimum Gasteiger partial charge on any atom is -0.495 e. The van der Waals surface area contributed by atoms with E-state index in [0.717, 1.165) is 37.2 Å². The number of nitrogens with zero attached hydrogens (tertiary/aromatic N) is 1. The summed E-state index contributed by atoms with van der Waals surface area (Å²) >= 11 is 7.58. The Labute approximate surface area is 174 Å². The van der Waals surface area contributed by atoms with Crippen molar-refractivity contribution in [2.45, 2.75) is 12.8 Å². The molecule has 0 unspecified atom stereocenters. The summed E-state index contributed by atoms with van der Waals surface area (Å²) in [4.78, 5) is 17.4. The number of ether oxygens (including phenoxy) is 2. The molecular formula is C18H23Cl2N3O3S. The number of carbonyl (C=O) groups is 1. The number of rotatable bonds is 6. The summed E-state index contributed by atoms with van der Waals surface area (Å²) in [6, 6.07) is 5.50.